The number of carbonyl (C=O) groups is 2. The molecule has 216 valence electrons. The Labute approximate surface area is 223 Å². The zero-order valence-corrected chi connectivity index (χ0v) is 23.1. The number of amides is 2. The molecule has 2 aliphatic heterocycles. The van der Waals surface area contributed by atoms with Crippen LogP contribution in [0.3, 0.4) is 0 Å². The fourth-order valence-electron chi connectivity index (χ4n) is 4.27. The summed E-state index contributed by atoms with van der Waals surface area (Å²) in [6.45, 7) is 14.1. The number of piperazine rings is 1. The van der Waals surface area contributed by atoms with Gasteiger partial charge in [0, 0.05) is 53.2 Å². The maximum Gasteiger partial charge on any atom is 0.224 e. The fraction of sp³-hybridized carbons (Fsp3) is 0.923. The average Bonchev–Trinajstić information content (AvgIpc) is 2.91. The number of rotatable bonds is 20. The number of hydrogen-bond acceptors (Lipinski definition) is 9. The van der Waals surface area contributed by atoms with Gasteiger partial charge >= 0.3 is 0 Å². The topological polar surface area (TPSA) is 102 Å². The van der Waals surface area contributed by atoms with E-state index in [9.17, 15) is 9.59 Å². The van der Waals surface area contributed by atoms with Gasteiger partial charge in [0.2, 0.25) is 11.8 Å². The van der Waals surface area contributed by atoms with Crippen LogP contribution in [0.4, 0.5) is 0 Å². The van der Waals surface area contributed by atoms with Gasteiger partial charge in [-0.2, -0.15) is 0 Å². The molecule has 2 rings (SSSR count). The van der Waals surface area contributed by atoms with Gasteiger partial charge in [0.1, 0.15) is 0 Å². The quantitative estimate of drug-likeness (QED) is 0.219. The number of hydrogen-bond donors (Lipinski definition) is 1. The van der Waals surface area contributed by atoms with E-state index in [0.717, 1.165) is 45.2 Å². The maximum atomic E-state index is 12.4. The molecular weight excluding hydrogens is 480 g/mol. The normalized spacial score (nSPS) is 17.3. The van der Waals surface area contributed by atoms with Crippen LogP contribution in [0, 0.1) is 5.92 Å². The second-order valence-corrected chi connectivity index (χ2v) is 9.63. The SMILES string of the molecule is CC(=O)N(C)CCOCCOCCOCCOCCOCCC(=O)N1CCN(CC2CCNCC2)CC1. The van der Waals surface area contributed by atoms with E-state index in [1.165, 1.54) is 26.3 Å². The van der Waals surface area contributed by atoms with Crippen LogP contribution in [0.25, 0.3) is 0 Å². The molecule has 37 heavy (non-hydrogen) atoms. The summed E-state index contributed by atoms with van der Waals surface area (Å²) in [5.74, 6) is 1.02. The van der Waals surface area contributed by atoms with Crippen molar-refractivity contribution in [3.8, 4) is 0 Å². The molecule has 2 saturated heterocycles. The molecule has 0 radical (unpaired) electrons. The lowest BCUT2D eigenvalue weighted by atomic mass is 9.97. The number of nitrogens with zero attached hydrogens (tertiary/aromatic N) is 3. The molecule has 11 nitrogen and oxygen atoms in total. The Morgan fingerprint density at radius 3 is 1.76 bits per heavy atom. The molecule has 0 bridgehead atoms. The van der Waals surface area contributed by atoms with Gasteiger partial charge in [0.05, 0.1) is 72.5 Å². The minimum atomic E-state index is 0.0305. The molecule has 2 amide bonds. The summed E-state index contributed by atoms with van der Waals surface area (Å²) >= 11 is 0. The molecule has 2 fully saturated rings. The lowest BCUT2D eigenvalue weighted by Gasteiger charge is -2.37. The van der Waals surface area contributed by atoms with Gasteiger partial charge in [0.15, 0.2) is 0 Å². The summed E-state index contributed by atoms with van der Waals surface area (Å²) < 4.78 is 27.4. The van der Waals surface area contributed by atoms with Gasteiger partial charge in [0.25, 0.3) is 0 Å². The molecular formula is C26H50N4O7. The van der Waals surface area contributed by atoms with Crippen LogP contribution in [0.1, 0.15) is 26.2 Å². The summed E-state index contributed by atoms with van der Waals surface area (Å²) in [5.41, 5.74) is 0. The van der Waals surface area contributed by atoms with Crippen molar-refractivity contribution in [2.75, 3.05) is 125 Å². The van der Waals surface area contributed by atoms with Gasteiger partial charge in [-0.3, -0.25) is 14.5 Å². The molecule has 0 aromatic rings. The van der Waals surface area contributed by atoms with Crippen molar-refractivity contribution in [3.05, 3.63) is 0 Å². The molecule has 2 heterocycles. The zero-order valence-electron chi connectivity index (χ0n) is 23.1. The highest BCUT2D eigenvalue weighted by Gasteiger charge is 2.23. The summed E-state index contributed by atoms with van der Waals surface area (Å²) in [6, 6.07) is 0. The van der Waals surface area contributed by atoms with Crippen LogP contribution in [0.15, 0.2) is 0 Å². The van der Waals surface area contributed by atoms with Gasteiger partial charge in [-0.25, -0.2) is 0 Å². The Morgan fingerprint density at radius 2 is 1.24 bits per heavy atom. The summed E-state index contributed by atoms with van der Waals surface area (Å²) in [4.78, 5) is 29.6. The second kappa shape index (κ2) is 20.6. The Kier molecular flexibility index (Phi) is 17.7. The average molecular weight is 531 g/mol. The third kappa shape index (κ3) is 15.6. The first-order valence-electron chi connectivity index (χ1n) is 13.9. The van der Waals surface area contributed by atoms with E-state index in [1.807, 2.05) is 4.90 Å². The molecule has 0 aromatic carbocycles. The summed E-state index contributed by atoms with van der Waals surface area (Å²) in [7, 11) is 1.75. The molecule has 0 saturated carbocycles. The lowest BCUT2D eigenvalue weighted by molar-refractivity contribution is -0.134. The van der Waals surface area contributed by atoms with Crippen molar-refractivity contribution in [1.29, 1.82) is 0 Å². The number of ether oxygens (including phenoxy) is 5. The van der Waals surface area contributed by atoms with Crippen molar-refractivity contribution in [1.82, 2.24) is 20.0 Å². The molecule has 0 aromatic heterocycles. The maximum absolute atomic E-state index is 12.4. The van der Waals surface area contributed by atoms with Crippen molar-refractivity contribution in [3.63, 3.8) is 0 Å². The first-order chi connectivity index (χ1) is 18.1. The molecule has 0 aliphatic carbocycles. The van der Waals surface area contributed by atoms with Crippen LogP contribution < -0.4 is 5.32 Å². The monoisotopic (exact) mass is 530 g/mol. The predicted molar refractivity (Wildman–Crippen MR) is 141 cm³/mol. The Bertz CT molecular complexity index is 599. The van der Waals surface area contributed by atoms with Gasteiger partial charge in [-0.15, -0.1) is 0 Å². The van der Waals surface area contributed by atoms with Crippen LogP contribution in [0.2, 0.25) is 0 Å². The first-order valence-corrected chi connectivity index (χ1v) is 13.9. The second-order valence-electron chi connectivity index (χ2n) is 9.63. The highest BCUT2D eigenvalue weighted by molar-refractivity contribution is 5.76. The smallest absolute Gasteiger partial charge is 0.224 e. The van der Waals surface area contributed by atoms with Crippen molar-refractivity contribution < 1.29 is 33.3 Å². The molecule has 0 spiro atoms. The van der Waals surface area contributed by atoms with E-state index in [0.29, 0.717) is 79.0 Å². The van der Waals surface area contributed by atoms with Crippen LogP contribution in [-0.4, -0.2) is 152 Å². The molecule has 0 atom stereocenters. The third-order valence-corrected chi connectivity index (χ3v) is 6.76. The number of carbonyl (C=O) groups excluding carboxylic acids is 2. The standard InChI is InChI=1S/C26H50N4O7/c1-24(31)28(2)12-14-34-16-18-36-20-22-37-21-19-35-17-15-33-13-5-26(32)30-10-8-29(9-11-30)23-25-3-6-27-7-4-25/h25,27H,3-23H2,1-2H3. The van der Waals surface area contributed by atoms with E-state index in [2.05, 4.69) is 10.2 Å². The number of piperidine rings is 1. The van der Waals surface area contributed by atoms with E-state index in [4.69, 9.17) is 23.7 Å². The number of nitrogens with one attached hydrogen (secondary N) is 1. The predicted octanol–water partition coefficient (Wildman–Crippen LogP) is 0.0816. The number of likely N-dealkylation sites (N-methyl/N-ethyl adjacent to an activating group) is 1. The zero-order chi connectivity index (χ0) is 26.6. The first kappa shape index (κ1) is 31.9. The molecule has 2 aliphatic rings. The van der Waals surface area contributed by atoms with Crippen molar-refractivity contribution in [2.24, 2.45) is 5.92 Å². The van der Waals surface area contributed by atoms with Crippen LogP contribution >= 0.6 is 0 Å². The highest BCUT2D eigenvalue weighted by Crippen LogP contribution is 2.15. The van der Waals surface area contributed by atoms with Gasteiger partial charge in [-0.1, -0.05) is 0 Å². The third-order valence-electron chi connectivity index (χ3n) is 6.76. The Morgan fingerprint density at radius 1 is 0.757 bits per heavy atom. The van der Waals surface area contributed by atoms with Crippen LogP contribution in [0.5, 0.6) is 0 Å². The van der Waals surface area contributed by atoms with E-state index >= 15 is 0 Å². The summed E-state index contributed by atoms with van der Waals surface area (Å²) in [6.07, 6.45) is 2.96. The molecule has 11 heteroatoms. The minimum Gasteiger partial charge on any atom is -0.379 e. The fourth-order valence-corrected chi connectivity index (χ4v) is 4.27. The van der Waals surface area contributed by atoms with Crippen LogP contribution in [-0.2, 0) is 33.3 Å². The van der Waals surface area contributed by atoms with E-state index in [1.54, 1.807) is 11.9 Å². The van der Waals surface area contributed by atoms with Gasteiger partial charge in [-0.05, 0) is 31.8 Å². The molecule has 0 unspecified atom stereocenters. The Hall–Kier alpha value is -1.34. The Balaban J connectivity index is 1.29. The van der Waals surface area contributed by atoms with E-state index in [-0.39, 0.29) is 11.8 Å². The van der Waals surface area contributed by atoms with E-state index < -0.39 is 0 Å². The minimum absolute atomic E-state index is 0.0305. The van der Waals surface area contributed by atoms with Gasteiger partial charge < -0.3 is 38.8 Å². The molecule has 1 N–H and O–H groups in total. The lowest BCUT2D eigenvalue weighted by Crippen LogP contribution is -2.50. The van der Waals surface area contributed by atoms with Crippen molar-refractivity contribution >= 4 is 11.8 Å². The largest absolute Gasteiger partial charge is 0.379 e. The van der Waals surface area contributed by atoms with Crippen molar-refractivity contribution in [2.45, 2.75) is 26.2 Å². The highest BCUT2D eigenvalue weighted by atomic mass is 16.6. The summed E-state index contributed by atoms with van der Waals surface area (Å²) in [5, 5.41) is 3.42.